The third-order valence-electron chi connectivity index (χ3n) is 16.3. The van der Waals surface area contributed by atoms with Crippen LogP contribution in [0.4, 0.5) is 10.5 Å². The van der Waals surface area contributed by atoms with Crippen LogP contribution in [0.2, 0.25) is 0 Å². The fraction of sp³-hybridized carbons (Fsp3) is 0.655. The highest BCUT2D eigenvalue weighted by Gasteiger charge is 2.50. The number of aromatic hydroxyl groups is 2. The van der Waals surface area contributed by atoms with Crippen LogP contribution < -0.4 is 20.8 Å². The number of aliphatic hydroxyl groups excluding tert-OH is 2. The summed E-state index contributed by atoms with van der Waals surface area (Å²) in [7, 11) is 1.50. The van der Waals surface area contributed by atoms with Crippen molar-refractivity contribution in [2.45, 2.75) is 124 Å². The molecule has 2 aromatic carbocycles. The van der Waals surface area contributed by atoms with Gasteiger partial charge in [0, 0.05) is 119 Å². The van der Waals surface area contributed by atoms with Gasteiger partial charge in [0.25, 0.3) is 11.7 Å². The maximum atomic E-state index is 15.0. The zero-order chi connectivity index (χ0) is 52.7. The van der Waals surface area contributed by atoms with Crippen molar-refractivity contribution in [1.82, 2.24) is 14.7 Å². The number of morpholine rings is 1. The first-order chi connectivity index (χ1) is 34.7. The van der Waals surface area contributed by atoms with E-state index in [2.05, 4.69) is 29.0 Å². The molecule has 400 valence electrons. The average Bonchev–Trinajstić information content (AvgIpc) is 3.87. The molecule has 73 heavy (non-hydrogen) atoms. The minimum absolute atomic E-state index is 0.0385. The van der Waals surface area contributed by atoms with Crippen LogP contribution in [0.1, 0.15) is 97.0 Å². The number of hydrogen-bond acceptors (Lipinski definition) is 16. The van der Waals surface area contributed by atoms with E-state index >= 15 is 0 Å². The Morgan fingerprint density at radius 1 is 0.877 bits per heavy atom. The van der Waals surface area contributed by atoms with Crippen molar-refractivity contribution in [3.05, 3.63) is 58.0 Å². The number of methoxy groups -OCH3 is 1. The largest absolute Gasteiger partial charge is 0.507 e. The molecule has 2 amide bonds. The molecule has 7 heterocycles. The predicted molar refractivity (Wildman–Crippen MR) is 274 cm³/mol. The summed E-state index contributed by atoms with van der Waals surface area (Å²) in [6, 6.07) is 0. The Bertz CT molecular complexity index is 2630. The van der Waals surface area contributed by atoms with Gasteiger partial charge in [-0.25, -0.2) is 4.79 Å². The lowest BCUT2D eigenvalue weighted by molar-refractivity contribution is -0.112. The summed E-state index contributed by atoms with van der Waals surface area (Å²) < 4.78 is 30.6. The number of allylic oxidation sites excluding steroid dienone is 2. The molecular weight excluding hydrogens is 937 g/mol. The predicted octanol–water partition coefficient (Wildman–Crippen LogP) is 5.37. The lowest BCUT2D eigenvalue weighted by atomic mass is 9.78. The summed E-state index contributed by atoms with van der Waals surface area (Å²) >= 11 is 0. The number of carbonyl (C=O) groups excluding carboxylic acids is 3. The van der Waals surface area contributed by atoms with Gasteiger partial charge in [-0.1, -0.05) is 59.8 Å². The van der Waals surface area contributed by atoms with Gasteiger partial charge >= 0.3 is 11.9 Å². The van der Waals surface area contributed by atoms with E-state index < -0.39 is 83.1 Å². The Morgan fingerprint density at radius 3 is 2.21 bits per heavy atom. The minimum atomic E-state index is -1.98. The molecule has 18 nitrogen and oxygen atoms in total. The SMILES string of the molecule is CO[C@H]1/C=C/O[C@@]2(C)Oc3c(C)c(O)c4c(O)c(c5c(c4c3C2=O)=NC2(CCN(CC(C)C)CC2)N=5)NC(=O)/C(C)=C\C=C\[C@H](C)[C@H](O)[C@@H](C)[C@@H](O)[C@@H](C)[C@H](OC(=O)N2CCC(CN3CCOCC3)CC2)[C@@H]1C. The number of aliphatic hydroxyl groups is 2. The first-order valence-electron chi connectivity index (χ1n) is 26.3. The minimum Gasteiger partial charge on any atom is -0.507 e. The van der Waals surface area contributed by atoms with E-state index in [1.54, 1.807) is 56.9 Å². The first kappa shape index (κ1) is 54.2. The molecule has 9 atom stereocenters. The van der Waals surface area contributed by atoms with Gasteiger partial charge in [0.1, 0.15) is 28.6 Å². The summed E-state index contributed by atoms with van der Waals surface area (Å²) in [5, 5.41) is 51.3. The molecule has 1 spiro atoms. The van der Waals surface area contributed by atoms with Gasteiger partial charge in [0.15, 0.2) is 11.4 Å². The standard InChI is InChI=1S/C55H78N6O12/c1-30(2)28-59-21-17-55(18-22-59)57-42-39-40-47(64)36(8)50-41(39)51(66)54(9,73-50)71-25-16-38(69-10)33(5)49(72-53(68)61-19-14-37(15-20-61)29-60-23-26-70-27-24-60)35(7)46(63)34(6)45(62)31(3)12-11-13-32(4)52(67)56-44(48(40)65)43(42)58-55/h11-13,16,25,30-31,33-35,37-38,45-46,49,62-65H,14-15,17-24,26-29H2,1-10H3,(H,56,67)/b12-11+,25-16+,32-13-/t31-,33+,34+,35+,38-,45-,46+,49+,54-/m0/s1. The normalized spacial score (nSPS) is 32.3. The number of nitrogens with one attached hydrogen (secondary N) is 1. The summed E-state index contributed by atoms with van der Waals surface area (Å²) in [4.78, 5) is 60.1. The van der Waals surface area contributed by atoms with Gasteiger partial charge in [0.05, 0.1) is 54.1 Å². The number of piperidine rings is 2. The highest BCUT2D eigenvalue weighted by molar-refractivity contribution is 6.19. The number of phenolic OH excluding ortho intramolecular Hbond substituents is 2. The molecule has 9 rings (SSSR count). The molecule has 5 N–H and O–H groups in total. The fourth-order valence-corrected chi connectivity index (χ4v) is 11.6. The Hall–Kier alpha value is -5.11. The van der Waals surface area contributed by atoms with Crippen molar-refractivity contribution in [3.8, 4) is 17.2 Å². The van der Waals surface area contributed by atoms with Crippen LogP contribution in [-0.2, 0) is 23.7 Å². The molecule has 0 radical (unpaired) electrons. The highest BCUT2D eigenvalue weighted by atomic mass is 16.7. The number of Topliss-reactive ketones (excluding diaryl/α,β-unsaturated/α-hetero) is 1. The quantitative estimate of drug-likeness (QED) is 0.230. The molecule has 7 aliphatic rings. The van der Waals surface area contributed by atoms with E-state index in [0.717, 1.165) is 52.2 Å². The van der Waals surface area contributed by atoms with Crippen molar-refractivity contribution in [2.75, 3.05) is 78.0 Å². The van der Waals surface area contributed by atoms with E-state index in [1.165, 1.54) is 20.3 Å². The summed E-state index contributed by atoms with van der Waals surface area (Å²) in [5.41, 5.74) is -0.578. The van der Waals surface area contributed by atoms with Crippen molar-refractivity contribution in [1.29, 1.82) is 0 Å². The topological polar surface area (TPSA) is 225 Å². The molecule has 5 bridgehead atoms. The van der Waals surface area contributed by atoms with Crippen molar-refractivity contribution < 1.29 is 58.5 Å². The summed E-state index contributed by atoms with van der Waals surface area (Å²) in [5.74, 6) is -5.59. The van der Waals surface area contributed by atoms with E-state index in [1.807, 2.05) is 13.8 Å². The van der Waals surface area contributed by atoms with Crippen LogP contribution in [0.5, 0.6) is 17.2 Å². The van der Waals surface area contributed by atoms with Crippen molar-refractivity contribution >= 4 is 34.2 Å². The highest BCUT2D eigenvalue weighted by Crippen LogP contribution is 2.50. The van der Waals surface area contributed by atoms with E-state index in [0.29, 0.717) is 50.9 Å². The second-order valence-corrected chi connectivity index (χ2v) is 22.1. The number of ether oxygens (including phenoxy) is 5. The van der Waals surface area contributed by atoms with E-state index in [4.69, 9.17) is 33.7 Å². The fourth-order valence-electron chi connectivity index (χ4n) is 11.6. The van der Waals surface area contributed by atoms with Gasteiger partial charge in [-0.2, -0.15) is 0 Å². The van der Waals surface area contributed by atoms with Gasteiger partial charge in [-0.3, -0.25) is 24.5 Å². The Balaban J connectivity index is 1.16. The van der Waals surface area contributed by atoms with E-state index in [-0.39, 0.29) is 55.4 Å². The van der Waals surface area contributed by atoms with Gasteiger partial charge in [-0.05, 0) is 44.6 Å². The van der Waals surface area contributed by atoms with E-state index in [9.17, 15) is 34.8 Å². The Labute approximate surface area is 428 Å². The van der Waals surface area contributed by atoms with Crippen LogP contribution >= 0.6 is 0 Å². The van der Waals surface area contributed by atoms with Gasteiger partial charge in [0.2, 0.25) is 0 Å². The van der Waals surface area contributed by atoms with Crippen LogP contribution in [0, 0.1) is 42.4 Å². The number of fused-ring (bicyclic) bond motifs is 13. The number of anilines is 1. The number of carbonyl (C=O) groups is 3. The second kappa shape index (κ2) is 22.0. The van der Waals surface area contributed by atoms with Crippen molar-refractivity contribution in [3.63, 3.8) is 0 Å². The number of rotatable bonds is 6. The molecule has 3 saturated heterocycles. The zero-order valence-electron chi connectivity index (χ0n) is 44.4. The van der Waals surface area contributed by atoms with Crippen LogP contribution in [-0.4, -0.2) is 161 Å². The Kier molecular flexibility index (Phi) is 16.3. The molecule has 3 fully saturated rings. The summed E-state index contributed by atoms with van der Waals surface area (Å²) in [6.45, 7) is 23.7. The molecule has 2 aromatic rings. The van der Waals surface area contributed by atoms with Gasteiger partial charge < -0.3 is 59.2 Å². The number of phenols is 2. The number of benzene rings is 2. The van der Waals surface area contributed by atoms with Gasteiger partial charge in [-0.15, -0.1) is 0 Å². The lowest BCUT2D eigenvalue weighted by Gasteiger charge is -2.40. The third-order valence-corrected chi connectivity index (χ3v) is 16.3. The molecule has 0 aliphatic carbocycles. The Morgan fingerprint density at radius 2 is 1.55 bits per heavy atom. The number of ketones is 1. The molecule has 0 saturated carbocycles. The first-order valence-corrected chi connectivity index (χ1v) is 26.3. The van der Waals surface area contributed by atoms with Crippen molar-refractivity contribution in [2.24, 2.45) is 45.5 Å². The molecular formula is C55H78N6O12. The summed E-state index contributed by atoms with van der Waals surface area (Å²) in [6.07, 6.45) is 6.16. The van der Waals surface area contributed by atoms with Crippen LogP contribution in [0.3, 0.4) is 0 Å². The average molecular weight is 1020 g/mol. The number of nitrogens with zero attached hydrogens (tertiary/aromatic N) is 5. The molecule has 0 unspecified atom stereocenters. The number of hydrogen-bond donors (Lipinski definition) is 5. The molecule has 7 aliphatic heterocycles. The monoisotopic (exact) mass is 1010 g/mol. The number of likely N-dealkylation sites (tertiary alicyclic amines) is 2. The second-order valence-electron chi connectivity index (χ2n) is 22.1. The molecule has 18 heteroatoms. The maximum absolute atomic E-state index is 15.0. The third kappa shape index (κ3) is 10.9. The molecule has 0 aromatic heterocycles. The maximum Gasteiger partial charge on any atom is 0.410 e. The lowest BCUT2D eigenvalue weighted by Crippen LogP contribution is -2.49. The smallest absolute Gasteiger partial charge is 0.410 e. The number of amides is 2. The van der Waals surface area contributed by atoms with Crippen LogP contribution in [0.25, 0.3) is 10.8 Å². The van der Waals surface area contributed by atoms with Crippen LogP contribution in [0.15, 0.2) is 46.1 Å². The zero-order valence-corrected chi connectivity index (χ0v) is 44.4.